The fraction of sp³-hybridized carbons (Fsp3) is 0.400. The van der Waals surface area contributed by atoms with Crippen molar-refractivity contribution in [3.63, 3.8) is 0 Å². The van der Waals surface area contributed by atoms with Crippen LogP contribution in [0.5, 0.6) is 0 Å². The van der Waals surface area contributed by atoms with Crippen LogP contribution in [-0.2, 0) is 0 Å². The molecule has 0 bridgehead atoms. The molecule has 1 rings (SSSR count). The highest BCUT2D eigenvalue weighted by molar-refractivity contribution is 7.99. The van der Waals surface area contributed by atoms with E-state index in [-0.39, 0.29) is 18.2 Å². The predicted octanol–water partition coefficient (Wildman–Crippen LogP) is 1.60. The number of nitrogens with zero attached hydrogens (tertiary/aromatic N) is 1. The number of non-ortho nitro benzene ring substituents is 1. The third-order valence-corrected chi connectivity index (χ3v) is 3.42. The number of rotatable bonds is 6. The first kappa shape index (κ1) is 13.8. The molecule has 0 heterocycles. The maximum atomic E-state index is 10.7. The fourth-order valence-electron chi connectivity index (χ4n) is 1.15. The summed E-state index contributed by atoms with van der Waals surface area (Å²) in [6.45, 7) is 2.01. The van der Waals surface area contributed by atoms with Gasteiger partial charge in [-0.25, -0.2) is 0 Å². The Bertz CT molecular complexity index is 400. The molecule has 0 spiro atoms. The Hall–Kier alpha value is -1.31. The smallest absolute Gasteiger partial charge is 0.272 e. The van der Waals surface area contributed by atoms with Crippen LogP contribution in [-0.4, -0.2) is 22.4 Å². The van der Waals surface area contributed by atoms with Crippen LogP contribution < -0.4 is 11.3 Å². The fourth-order valence-corrected chi connectivity index (χ4v) is 2.14. The molecule has 0 fully saturated rings. The third-order valence-electron chi connectivity index (χ3n) is 2.11. The first-order valence-electron chi connectivity index (χ1n) is 5.06. The average molecular weight is 257 g/mol. The van der Waals surface area contributed by atoms with E-state index < -0.39 is 4.92 Å². The second kappa shape index (κ2) is 6.43. The van der Waals surface area contributed by atoms with E-state index in [0.29, 0.717) is 11.4 Å². The molecule has 6 nitrogen and oxygen atoms in total. The number of anilines is 1. The van der Waals surface area contributed by atoms with Crippen molar-refractivity contribution in [2.45, 2.75) is 11.8 Å². The number of nitrogens with one attached hydrogen (secondary N) is 1. The van der Waals surface area contributed by atoms with Crippen LogP contribution in [0.3, 0.4) is 0 Å². The molecule has 1 atom stereocenters. The monoisotopic (exact) mass is 257 g/mol. The zero-order valence-electron chi connectivity index (χ0n) is 9.42. The number of nitro benzene ring substituents is 1. The van der Waals surface area contributed by atoms with Gasteiger partial charge in [0, 0.05) is 29.4 Å². The average Bonchev–Trinajstić information content (AvgIpc) is 2.35. The van der Waals surface area contributed by atoms with Gasteiger partial charge < -0.3 is 10.5 Å². The van der Waals surface area contributed by atoms with E-state index in [0.717, 1.165) is 4.90 Å². The van der Waals surface area contributed by atoms with Gasteiger partial charge in [0.05, 0.1) is 10.6 Å². The van der Waals surface area contributed by atoms with E-state index >= 15 is 0 Å². The SMILES string of the molecule is CC(CO)CSc1cc(NN)cc([N+](=O)[O-])c1. The molecule has 4 N–H and O–H groups in total. The Morgan fingerprint density at radius 1 is 1.59 bits per heavy atom. The summed E-state index contributed by atoms with van der Waals surface area (Å²) in [5.41, 5.74) is 2.90. The van der Waals surface area contributed by atoms with E-state index in [4.69, 9.17) is 10.9 Å². The lowest BCUT2D eigenvalue weighted by Crippen LogP contribution is -2.07. The first-order chi connectivity index (χ1) is 8.06. The van der Waals surface area contributed by atoms with Crippen LogP contribution in [0.1, 0.15) is 6.92 Å². The van der Waals surface area contributed by atoms with E-state index in [9.17, 15) is 10.1 Å². The van der Waals surface area contributed by atoms with Crippen molar-refractivity contribution in [1.82, 2.24) is 0 Å². The second-order valence-electron chi connectivity index (χ2n) is 3.72. The molecule has 0 radical (unpaired) electrons. The highest BCUT2D eigenvalue weighted by Crippen LogP contribution is 2.28. The van der Waals surface area contributed by atoms with Crippen molar-refractivity contribution in [2.24, 2.45) is 11.8 Å². The number of hydrazine groups is 1. The number of aliphatic hydroxyl groups excluding tert-OH is 1. The summed E-state index contributed by atoms with van der Waals surface area (Å²) in [6.07, 6.45) is 0. The molecular formula is C10H15N3O3S. The minimum atomic E-state index is -0.458. The van der Waals surface area contributed by atoms with Crippen LogP contribution >= 0.6 is 11.8 Å². The van der Waals surface area contributed by atoms with Crippen LogP contribution in [0.25, 0.3) is 0 Å². The number of nitrogens with two attached hydrogens (primary N) is 1. The van der Waals surface area contributed by atoms with Crippen molar-refractivity contribution in [3.8, 4) is 0 Å². The van der Waals surface area contributed by atoms with E-state index in [2.05, 4.69) is 5.43 Å². The quantitative estimate of drug-likeness (QED) is 0.310. The molecule has 0 amide bonds. The maximum absolute atomic E-state index is 10.7. The van der Waals surface area contributed by atoms with Gasteiger partial charge in [0.1, 0.15) is 0 Å². The first-order valence-corrected chi connectivity index (χ1v) is 6.05. The number of nitro groups is 1. The Kier molecular flexibility index (Phi) is 5.20. The number of nitrogen functional groups attached to an aromatic ring is 1. The van der Waals surface area contributed by atoms with Gasteiger partial charge in [0.2, 0.25) is 0 Å². The predicted molar refractivity (Wildman–Crippen MR) is 67.9 cm³/mol. The highest BCUT2D eigenvalue weighted by Gasteiger charge is 2.10. The van der Waals surface area contributed by atoms with Crippen molar-refractivity contribution in [3.05, 3.63) is 28.3 Å². The Balaban J connectivity index is 2.83. The van der Waals surface area contributed by atoms with E-state index in [1.807, 2.05) is 6.92 Å². The standard InChI is InChI=1S/C10H15N3O3S/c1-7(5-14)6-17-10-3-8(12-11)2-9(4-10)13(15)16/h2-4,7,12,14H,5-6,11H2,1H3. The third kappa shape index (κ3) is 4.22. The molecule has 0 saturated carbocycles. The summed E-state index contributed by atoms with van der Waals surface area (Å²) in [6, 6.07) is 4.61. The Morgan fingerprint density at radius 2 is 2.29 bits per heavy atom. The highest BCUT2D eigenvalue weighted by atomic mass is 32.2. The van der Waals surface area contributed by atoms with Crippen LogP contribution in [0.15, 0.2) is 23.1 Å². The number of hydrogen-bond acceptors (Lipinski definition) is 6. The van der Waals surface area contributed by atoms with E-state index in [1.165, 1.54) is 23.9 Å². The summed E-state index contributed by atoms with van der Waals surface area (Å²) >= 11 is 1.45. The molecule has 94 valence electrons. The number of benzene rings is 1. The van der Waals surface area contributed by atoms with Crippen molar-refractivity contribution in [1.29, 1.82) is 0 Å². The van der Waals surface area contributed by atoms with Crippen molar-refractivity contribution >= 4 is 23.1 Å². The minimum Gasteiger partial charge on any atom is -0.396 e. The van der Waals surface area contributed by atoms with Gasteiger partial charge in [-0.2, -0.15) is 0 Å². The van der Waals surface area contributed by atoms with E-state index in [1.54, 1.807) is 6.07 Å². The maximum Gasteiger partial charge on any atom is 0.272 e. The number of aliphatic hydroxyl groups is 1. The summed E-state index contributed by atoms with van der Waals surface area (Å²) in [5, 5.41) is 19.6. The molecule has 0 aliphatic carbocycles. The van der Waals surface area contributed by atoms with Gasteiger partial charge in [-0.3, -0.25) is 16.0 Å². The van der Waals surface area contributed by atoms with Gasteiger partial charge in [-0.05, 0) is 12.0 Å². The van der Waals surface area contributed by atoms with Gasteiger partial charge in [-0.1, -0.05) is 6.92 Å². The molecule has 17 heavy (non-hydrogen) atoms. The number of hydrogen-bond donors (Lipinski definition) is 3. The van der Waals surface area contributed by atoms with Crippen molar-refractivity contribution in [2.75, 3.05) is 17.8 Å². The van der Waals surface area contributed by atoms with Crippen LogP contribution in [0.4, 0.5) is 11.4 Å². The zero-order valence-corrected chi connectivity index (χ0v) is 10.2. The van der Waals surface area contributed by atoms with Gasteiger partial charge in [-0.15, -0.1) is 11.8 Å². The molecule has 7 heteroatoms. The Labute approximate surface area is 103 Å². The normalized spacial score (nSPS) is 12.2. The van der Waals surface area contributed by atoms with Gasteiger partial charge in [0.15, 0.2) is 0 Å². The topological polar surface area (TPSA) is 101 Å². The summed E-state index contributed by atoms with van der Waals surface area (Å²) < 4.78 is 0. The Morgan fingerprint density at radius 3 is 2.82 bits per heavy atom. The van der Waals surface area contributed by atoms with Gasteiger partial charge >= 0.3 is 0 Å². The van der Waals surface area contributed by atoms with Crippen molar-refractivity contribution < 1.29 is 10.0 Å². The zero-order chi connectivity index (χ0) is 12.8. The molecule has 1 aromatic rings. The van der Waals surface area contributed by atoms with Crippen LogP contribution in [0.2, 0.25) is 0 Å². The lowest BCUT2D eigenvalue weighted by atomic mass is 10.2. The lowest BCUT2D eigenvalue weighted by molar-refractivity contribution is -0.385. The molecule has 0 aliphatic rings. The molecule has 0 aromatic heterocycles. The lowest BCUT2D eigenvalue weighted by Gasteiger charge is -2.08. The molecule has 0 saturated heterocycles. The summed E-state index contributed by atoms with van der Waals surface area (Å²) in [5.74, 6) is 6.09. The second-order valence-corrected chi connectivity index (χ2v) is 4.81. The summed E-state index contributed by atoms with van der Waals surface area (Å²) in [7, 11) is 0. The molecule has 0 aliphatic heterocycles. The minimum absolute atomic E-state index is 0.000369. The molecule has 1 unspecified atom stereocenters. The molecular weight excluding hydrogens is 242 g/mol. The number of thioether (sulfide) groups is 1. The molecule has 1 aromatic carbocycles. The largest absolute Gasteiger partial charge is 0.396 e. The van der Waals surface area contributed by atoms with Crippen LogP contribution in [0, 0.1) is 16.0 Å². The van der Waals surface area contributed by atoms with Gasteiger partial charge in [0.25, 0.3) is 5.69 Å². The summed E-state index contributed by atoms with van der Waals surface area (Å²) in [4.78, 5) is 11.0.